The van der Waals surface area contributed by atoms with E-state index in [0.717, 1.165) is 15.8 Å². The summed E-state index contributed by atoms with van der Waals surface area (Å²) in [6.45, 7) is 5.92. The Balaban J connectivity index is 2.09. The van der Waals surface area contributed by atoms with Crippen molar-refractivity contribution in [3.05, 3.63) is 57.9 Å². The average molecular weight is 365 g/mol. The number of aromatic hydroxyl groups is 1. The monoisotopic (exact) mass is 365 g/mol. The third kappa shape index (κ3) is 2.59. The number of benzene rings is 2. The molecule has 0 amide bonds. The fourth-order valence-electron chi connectivity index (χ4n) is 3.16. The summed E-state index contributed by atoms with van der Waals surface area (Å²) in [6, 6.07) is 11.1. The van der Waals surface area contributed by atoms with E-state index < -0.39 is 0 Å². The fraction of sp³-hybridized carbons (Fsp3) is 0.238. The zero-order valence-corrected chi connectivity index (χ0v) is 15.7. The second kappa shape index (κ2) is 6.25. The van der Waals surface area contributed by atoms with Gasteiger partial charge in [0.1, 0.15) is 22.1 Å². The molecule has 0 saturated heterocycles. The van der Waals surface area contributed by atoms with E-state index >= 15 is 0 Å². The van der Waals surface area contributed by atoms with E-state index in [-0.39, 0.29) is 17.1 Å². The Kier molecular flexibility index (Phi) is 4.04. The molecule has 0 saturated carbocycles. The van der Waals surface area contributed by atoms with Crippen LogP contribution in [0.5, 0.6) is 5.75 Å². The zero-order valence-electron chi connectivity index (χ0n) is 14.9. The van der Waals surface area contributed by atoms with Gasteiger partial charge in [-0.2, -0.15) is 0 Å². The molecule has 0 aliphatic carbocycles. The predicted octanol–water partition coefficient (Wildman–Crippen LogP) is 5.46. The number of phenolic OH excluding ortho intramolecular Hbond substituents is 1. The number of thiazole rings is 1. The van der Waals surface area contributed by atoms with Gasteiger partial charge in [0.25, 0.3) is 0 Å². The lowest BCUT2D eigenvalue weighted by Crippen LogP contribution is -2.10. The van der Waals surface area contributed by atoms with Crippen molar-refractivity contribution in [2.45, 2.75) is 33.1 Å². The maximum Gasteiger partial charge on any atom is 0.203 e. The van der Waals surface area contributed by atoms with Crippen LogP contribution in [-0.4, -0.2) is 10.1 Å². The van der Waals surface area contributed by atoms with Gasteiger partial charge in [-0.15, -0.1) is 11.3 Å². The van der Waals surface area contributed by atoms with Gasteiger partial charge in [0.2, 0.25) is 5.43 Å². The molecule has 2 aromatic carbocycles. The van der Waals surface area contributed by atoms with Crippen LogP contribution in [0.25, 0.3) is 31.8 Å². The lowest BCUT2D eigenvalue weighted by molar-refractivity contribution is 0.464. The van der Waals surface area contributed by atoms with Gasteiger partial charge in [-0.25, -0.2) is 4.98 Å². The molecule has 0 radical (unpaired) electrons. The number of aromatic nitrogens is 1. The molecule has 4 nitrogen and oxygen atoms in total. The Hall–Kier alpha value is -2.66. The molecule has 0 unspecified atom stereocenters. The van der Waals surface area contributed by atoms with Gasteiger partial charge in [0, 0.05) is 12.0 Å². The minimum atomic E-state index is -0.0938. The second-order valence-corrected chi connectivity index (χ2v) is 7.67. The Morgan fingerprint density at radius 2 is 2.00 bits per heavy atom. The molecule has 2 aromatic heterocycles. The minimum absolute atomic E-state index is 0.0158. The molecule has 4 rings (SSSR count). The van der Waals surface area contributed by atoms with Crippen molar-refractivity contribution in [1.82, 2.24) is 4.98 Å². The van der Waals surface area contributed by atoms with Gasteiger partial charge in [0.05, 0.1) is 21.2 Å². The van der Waals surface area contributed by atoms with E-state index in [9.17, 15) is 9.90 Å². The van der Waals surface area contributed by atoms with Crippen molar-refractivity contribution in [2.24, 2.45) is 0 Å². The minimum Gasteiger partial charge on any atom is -0.508 e. The van der Waals surface area contributed by atoms with Crippen LogP contribution in [0.3, 0.4) is 0 Å². The van der Waals surface area contributed by atoms with Crippen LogP contribution in [0.15, 0.2) is 45.6 Å². The summed E-state index contributed by atoms with van der Waals surface area (Å²) in [6.07, 6.45) is 0.642. The van der Waals surface area contributed by atoms with Crippen molar-refractivity contribution < 1.29 is 9.52 Å². The summed E-state index contributed by atoms with van der Waals surface area (Å²) >= 11 is 1.50. The molecule has 132 valence electrons. The smallest absolute Gasteiger partial charge is 0.203 e. The van der Waals surface area contributed by atoms with Crippen molar-refractivity contribution in [2.75, 3.05) is 0 Å². The maximum atomic E-state index is 13.3. The molecule has 4 aromatic rings. The summed E-state index contributed by atoms with van der Waals surface area (Å²) in [5.74, 6) is 0.776. The SMILES string of the molecule is CCc1cc2c(=O)c(-c3nc4ccccc4s3)c(C(C)C)oc2cc1O. The Bertz CT molecular complexity index is 1150. The van der Waals surface area contributed by atoms with E-state index in [1.165, 1.54) is 11.3 Å². The van der Waals surface area contributed by atoms with Crippen molar-refractivity contribution >= 4 is 32.5 Å². The van der Waals surface area contributed by atoms with E-state index in [1.807, 2.05) is 45.0 Å². The number of phenols is 1. The Labute approximate surface area is 154 Å². The summed E-state index contributed by atoms with van der Waals surface area (Å²) in [5, 5.41) is 11.3. The van der Waals surface area contributed by atoms with Gasteiger partial charge in [-0.1, -0.05) is 32.9 Å². The number of aryl methyl sites for hydroxylation is 1. The van der Waals surface area contributed by atoms with Gasteiger partial charge >= 0.3 is 0 Å². The first kappa shape index (κ1) is 16.8. The molecule has 0 atom stereocenters. The Morgan fingerprint density at radius 1 is 1.23 bits per heavy atom. The van der Waals surface area contributed by atoms with Gasteiger partial charge in [-0.3, -0.25) is 4.79 Å². The fourth-order valence-corrected chi connectivity index (χ4v) is 4.18. The molecule has 5 heteroatoms. The summed E-state index contributed by atoms with van der Waals surface area (Å²) in [4.78, 5) is 18.0. The number of hydrogen-bond donors (Lipinski definition) is 1. The van der Waals surface area contributed by atoms with E-state index in [2.05, 4.69) is 4.98 Å². The number of rotatable bonds is 3. The highest BCUT2D eigenvalue weighted by Crippen LogP contribution is 2.35. The highest BCUT2D eigenvalue weighted by Gasteiger charge is 2.22. The van der Waals surface area contributed by atoms with Gasteiger partial charge < -0.3 is 9.52 Å². The third-order valence-corrected chi connectivity index (χ3v) is 5.59. The van der Waals surface area contributed by atoms with E-state index in [0.29, 0.717) is 33.7 Å². The zero-order chi connectivity index (χ0) is 18.4. The molecule has 0 fully saturated rings. The Morgan fingerprint density at radius 3 is 2.69 bits per heavy atom. The highest BCUT2D eigenvalue weighted by atomic mass is 32.1. The largest absolute Gasteiger partial charge is 0.508 e. The first-order valence-electron chi connectivity index (χ1n) is 8.68. The van der Waals surface area contributed by atoms with Crippen LogP contribution in [0, 0.1) is 0 Å². The topological polar surface area (TPSA) is 63.3 Å². The molecule has 1 N–H and O–H groups in total. The molecule has 0 aliphatic rings. The molecule has 0 spiro atoms. The van der Waals surface area contributed by atoms with Crippen LogP contribution in [-0.2, 0) is 6.42 Å². The van der Waals surface area contributed by atoms with Gasteiger partial charge in [-0.05, 0) is 30.2 Å². The first-order valence-corrected chi connectivity index (χ1v) is 9.49. The van der Waals surface area contributed by atoms with Crippen molar-refractivity contribution in [3.8, 4) is 16.3 Å². The van der Waals surface area contributed by atoms with E-state index in [4.69, 9.17) is 4.42 Å². The summed E-state index contributed by atoms with van der Waals surface area (Å²) in [5.41, 5.74) is 2.46. The van der Waals surface area contributed by atoms with Crippen LogP contribution >= 0.6 is 11.3 Å². The van der Waals surface area contributed by atoms with Crippen LogP contribution in [0.4, 0.5) is 0 Å². The summed E-state index contributed by atoms with van der Waals surface area (Å²) in [7, 11) is 0. The molecular formula is C21H19NO3S. The molecule has 0 bridgehead atoms. The quantitative estimate of drug-likeness (QED) is 0.523. The number of nitrogens with zero attached hydrogens (tertiary/aromatic N) is 1. The lowest BCUT2D eigenvalue weighted by atomic mass is 10.0. The number of para-hydroxylation sites is 1. The molecule has 2 heterocycles. The predicted molar refractivity (Wildman–Crippen MR) is 106 cm³/mol. The maximum absolute atomic E-state index is 13.3. The number of fused-ring (bicyclic) bond motifs is 2. The lowest BCUT2D eigenvalue weighted by Gasteiger charge is -2.12. The molecule has 0 aliphatic heterocycles. The highest BCUT2D eigenvalue weighted by molar-refractivity contribution is 7.21. The van der Waals surface area contributed by atoms with Crippen molar-refractivity contribution in [3.63, 3.8) is 0 Å². The standard InChI is InChI=1S/C21H19NO3S/c1-4-12-9-13-16(10-15(12)23)25-20(11(2)3)18(19(13)24)21-22-14-7-5-6-8-17(14)26-21/h5-11,23H,4H2,1-3H3. The normalized spacial score (nSPS) is 11.7. The van der Waals surface area contributed by atoms with Gasteiger partial charge in [0.15, 0.2) is 0 Å². The third-order valence-electron chi connectivity index (χ3n) is 4.53. The molecule has 26 heavy (non-hydrogen) atoms. The second-order valence-electron chi connectivity index (χ2n) is 6.64. The van der Waals surface area contributed by atoms with Crippen LogP contribution in [0.2, 0.25) is 0 Å². The summed E-state index contributed by atoms with van der Waals surface area (Å²) < 4.78 is 7.11. The molecular weight excluding hydrogens is 346 g/mol. The average Bonchev–Trinajstić information content (AvgIpc) is 3.04. The number of hydrogen-bond acceptors (Lipinski definition) is 5. The van der Waals surface area contributed by atoms with Crippen LogP contribution < -0.4 is 5.43 Å². The van der Waals surface area contributed by atoms with Crippen LogP contribution in [0.1, 0.15) is 38.0 Å². The van der Waals surface area contributed by atoms with E-state index in [1.54, 1.807) is 12.1 Å². The first-order chi connectivity index (χ1) is 12.5. The van der Waals surface area contributed by atoms with Crippen molar-refractivity contribution in [1.29, 1.82) is 0 Å².